The van der Waals surface area contributed by atoms with Crippen molar-refractivity contribution in [2.45, 2.75) is 31.9 Å². The Morgan fingerprint density at radius 3 is 2.55 bits per heavy atom. The number of benzene rings is 1. The van der Waals surface area contributed by atoms with Gasteiger partial charge in [-0.25, -0.2) is 8.42 Å². The zero-order chi connectivity index (χ0) is 16.6. The molecule has 0 fully saturated rings. The van der Waals surface area contributed by atoms with Gasteiger partial charge in [0, 0.05) is 5.69 Å². The van der Waals surface area contributed by atoms with Crippen molar-refractivity contribution in [2.75, 3.05) is 17.7 Å². The quantitative estimate of drug-likeness (QED) is 0.560. The highest BCUT2D eigenvalue weighted by molar-refractivity contribution is 7.92. The molecule has 0 saturated carbocycles. The molecule has 0 spiro atoms. The molecule has 1 unspecified atom stereocenters. The number of unbranched alkanes of at least 4 members (excludes halogenated alkanes) is 1. The lowest BCUT2D eigenvalue weighted by molar-refractivity contribution is -0.115. The van der Waals surface area contributed by atoms with E-state index in [1.807, 2.05) is 0 Å². The van der Waals surface area contributed by atoms with Crippen LogP contribution in [0.15, 0.2) is 36.9 Å². The van der Waals surface area contributed by atoms with Crippen molar-refractivity contribution in [3.05, 3.63) is 36.9 Å². The fraction of sp³-hybridized carbons (Fsp3) is 0.438. The number of carbonyl (C=O) groups is 1. The number of ether oxygens (including phenoxy) is 1. The van der Waals surface area contributed by atoms with Crippen LogP contribution in [0.1, 0.15) is 26.7 Å². The highest BCUT2D eigenvalue weighted by atomic mass is 32.2. The summed E-state index contributed by atoms with van der Waals surface area (Å²) in [6.45, 7) is 7.50. The molecule has 0 saturated heterocycles. The number of sulfone groups is 1. The van der Waals surface area contributed by atoms with Crippen molar-refractivity contribution in [3.8, 4) is 5.75 Å². The van der Waals surface area contributed by atoms with Crippen molar-refractivity contribution in [1.29, 1.82) is 0 Å². The first kappa shape index (κ1) is 18.2. The van der Waals surface area contributed by atoms with Crippen LogP contribution < -0.4 is 10.1 Å². The van der Waals surface area contributed by atoms with E-state index in [0.717, 1.165) is 18.6 Å². The predicted molar refractivity (Wildman–Crippen MR) is 88.9 cm³/mol. The Hall–Kier alpha value is -1.82. The fourth-order valence-electron chi connectivity index (χ4n) is 1.68. The summed E-state index contributed by atoms with van der Waals surface area (Å²) in [5.74, 6) is -0.0496. The minimum atomic E-state index is -3.51. The molecule has 1 N–H and O–H groups in total. The smallest absolute Gasteiger partial charge is 0.242 e. The topological polar surface area (TPSA) is 72.5 Å². The third-order valence-corrected chi connectivity index (χ3v) is 5.14. The highest BCUT2D eigenvalue weighted by Gasteiger charge is 2.26. The molecule has 0 aliphatic heterocycles. The van der Waals surface area contributed by atoms with Crippen molar-refractivity contribution in [1.82, 2.24) is 0 Å². The third-order valence-electron chi connectivity index (χ3n) is 3.15. The summed E-state index contributed by atoms with van der Waals surface area (Å²) in [5, 5.41) is 1.47. The SMILES string of the molecule is C=CCS(=O)(=O)C(C)C(=O)Nc1ccc(OCCCC)cc1. The van der Waals surface area contributed by atoms with Gasteiger partial charge in [-0.05, 0) is 37.6 Å². The second-order valence-electron chi connectivity index (χ2n) is 4.98. The summed E-state index contributed by atoms with van der Waals surface area (Å²) in [6.07, 6.45) is 3.32. The minimum Gasteiger partial charge on any atom is -0.494 e. The summed E-state index contributed by atoms with van der Waals surface area (Å²) in [7, 11) is -3.51. The second kappa shape index (κ2) is 8.58. The molecule has 0 aromatic heterocycles. The maximum atomic E-state index is 12.0. The molecular weight excluding hydrogens is 302 g/mol. The van der Waals surface area contributed by atoms with Gasteiger partial charge >= 0.3 is 0 Å². The van der Waals surface area contributed by atoms with Gasteiger partial charge in [-0.1, -0.05) is 19.4 Å². The van der Waals surface area contributed by atoms with Gasteiger partial charge < -0.3 is 10.1 Å². The van der Waals surface area contributed by atoms with Gasteiger partial charge in [0.15, 0.2) is 9.84 Å². The average molecular weight is 325 g/mol. The highest BCUT2D eigenvalue weighted by Crippen LogP contribution is 2.17. The number of nitrogens with one attached hydrogen (secondary N) is 1. The maximum Gasteiger partial charge on any atom is 0.242 e. The van der Waals surface area contributed by atoms with Crippen LogP contribution in [-0.2, 0) is 14.6 Å². The van der Waals surface area contributed by atoms with E-state index in [9.17, 15) is 13.2 Å². The molecular formula is C16H23NO4S. The molecule has 0 radical (unpaired) electrons. The van der Waals surface area contributed by atoms with E-state index in [-0.39, 0.29) is 5.75 Å². The standard InChI is InChI=1S/C16H23NO4S/c1-4-6-11-21-15-9-7-14(8-10-15)17-16(18)13(3)22(19,20)12-5-2/h5,7-10,13H,2,4,6,11-12H2,1,3H3,(H,17,18). The van der Waals surface area contributed by atoms with Gasteiger partial charge in [-0.2, -0.15) is 0 Å². The van der Waals surface area contributed by atoms with E-state index >= 15 is 0 Å². The van der Waals surface area contributed by atoms with Crippen LogP contribution in [0.4, 0.5) is 5.69 Å². The molecule has 1 aromatic carbocycles. The number of carbonyl (C=O) groups excluding carboxylic acids is 1. The lowest BCUT2D eigenvalue weighted by Crippen LogP contribution is -2.33. The lowest BCUT2D eigenvalue weighted by atomic mass is 10.3. The van der Waals surface area contributed by atoms with Gasteiger partial charge in [0.2, 0.25) is 5.91 Å². The van der Waals surface area contributed by atoms with Gasteiger partial charge in [-0.15, -0.1) is 6.58 Å². The van der Waals surface area contributed by atoms with Gasteiger partial charge in [0.25, 0.3) is 0 Å². The van der Waals surface area contributed by atoms with E-state index in [1.165, 1.54) is 13.0 Å². The molecule has 0 aliphatic rings. The number of hydrogen-bond donors (Lipinski definition) is 1. The Bertz CT molecular complexity index is 593. The summed E-state index contributed by atoms with van der Waals surface area (Å²) >= 11 is 0. The average Bonchev–Trinajstić information content (AvgIpc) is 2.48. The molecule has 22 heavy (non-hydrogen) atoms. The molecule has 6 heteroatoms. The molecule has 5 nitrogen and oxygen atoms in total. The van der Waals surface area contributed by atoms with Crippen molar-refractivity contribution < 1.29 is 17.9 Å². The van der Waals surface area contributed by atoms with E-state index in [4.69, 9.17) is 4.74 Å². The monoisotopic (exact) mass is 325 g/mol. The number of rotatable bonds is 9. The van der Waals surface area contributed by atoms with Crippen LogP contribution in [0.5, 0.6) is 5.75 Å². The minimum absolute atomic E-state index is 0.216. The lowest BCUT2D eigenvalue weighted by Gasteiger charge is -2.12. The third kappa shape index (κ3) is 5.52. The summed E-state index contributed by atoms with van der Waals surface area (Å²) in [4.78, 5) is 12.0. The molecule has 1 amide bonds. The summed E-state index contributed by atoms with van der Waals surface area (Å²) in [5.41, 5.74) is 0.536. The van der Waals surface area contributed by atoms with Crippen molar-refractivity contribution >= 4 is 21.4 Å². The second-order valence-corrected chi connectivity index (χ2v) is 7.34. The Morgan fingerprint density at radius 2 is 2.00 bits per heavy atom. The molecule has 0 aliphatic carbocycles. The fourth-order valence-corrected chi connectivity index (χ4v) is 2.69. The van der Waals surface area contributed by atoms with Crippen LogP contribution in [0, 0.1) is 0 Å². The number of amides is 1. The van der Waals surface area contributed by atoms with Crippen LogP contribution >= 0.6 is 0 Å². The van der Waals surface area contributed by atoms with E-state index < -0.39 is 21.0 Å². The predicted octanol–water partition coefficient (Wildman–Crippen LogP) is 2.79. The van der Waals surface area contributed by atoms with Crippen LogP contribution in [0.25, 0.3) is 0 Å². The molecule has 1 atom stereocenters. The van der Waals surface area contributed by atoms with Crippen LogP contribution in [-0.4, -0.2) is 31.9 Å². The Labute approximate surface area is 132 Å². The number of hydrogen-bond acceptors (Lipinski definition) is 4. The van der Waals surface area contributed by atoms with Crippen molar-refractivity contribution in [3.63, 3.8) is 0 Å². The first-order valence-electron chi connectivity index (χ1n) is 7.27. The largest absolute Gasteiger partial charge is 0.494 e. The molecule has 0 bridgehead atoms. The van der Waals surface area contributed by atoms with E-state index in [0.29, 0.717) is 12.3 Å². The molecule has 122 valence electrons. The molecule has 1 rings (SSSR count). The van der Waals surface area contributed by atoms with Crippen molar-refractivity contribution in [2.24, 2.45) is 0 Å². The van der Waals surface area contributed by atoms with Crippen LogP contribution in [0.3, 0.4) is 0 Å². The first-order chi connectivity index (χ1) is 10.4. The number of anilines is 1. The van der Waals surface area contributed by atoms with Crippen LogP contribution in [0.2, 0.25) is 0 Å². The van der Waals surface area contributed by atoms with Gasteiger partial charge in [-0.3, -0.25) is 4.79 Å². The summed E-state index contributed by atoms with van der Waals surface area (Å²) < 4.78 is 29.1. The zero-order valence-corrected chi connectivity index (χ0v) is 13.9. The van der Waals surface area contributed by atoms with Gasteiger partial charge in [0.1, 0.15) is 11.0 Å². The Kier molecular flexibility index (Phi) is 7.11. The molecule has 0 heterocycles. The maximum absolute atomic E-state index is 12.0. The normalized spacial score (nSPS) is 12.5. The molecule has 1 aromatic rings. The van der Waals surface area contributed by atoms with E-state index in [1.54, 1.807) is 24.3 Å². The summed E-state index contributed by atoms with van der Waals surface area (Å²) in [6, 6.07) is 6.86. The zero-order valence-electron chi connectivity index (χ0n) is 13.0. The van der Waals surface area contributed by atoms with E-state index in [2.05, 4.69) is 18.8 Å². The Morgan fingerprint density at radius 1 is 1.36 bits per heavy atom. The van der Waals surface area contributed by atoms with Gasteiger partial charge in [0.05, 0.1) is 12.4 Å². The first-order valence-corrected chi connectivity index (χ1v) is 8.98. The Balaban J connectivity index is 2.63.